The minimum absolute atomic E-state index is 0.143. The van der Waals surface area contributed by atoms with Crippen LogP contribution in [0.5, 0.6) is 5.75 Å². The van der Waals surface area contributed by atoms with E-state index in [-0.39, 0.29) is 6.04 Å². The molecular formula is C16H28N2O. The quantitative estimate of drug-likeness (QED) is 0.584. The molecule has 19 heavy (non-hydrogen) atoms. The third-order valence-corrected chi connectivity index (χ3v) is 3.48. The average molecular weight is 264 g/mol. The van der Waals surface area contributed by atoms with E-state index in [4.69, 9.17) is 10.6 Å². The number of hydrogen-bond donors (Lipinski definition) is 2. The lowest BCUT2D eigenvalue weighted by Gasteiger charge is -2.23. The number of hydrazine groups is 1. The van der Waals surface area contributed by atoms with Gasteiger partial charge in [0.05, 0.1) is 7.11 Å². The molecule has 0 fully saturated rings. The number of methoxy groups -OCH3 is 1. The van der Waals surface area contributed by atoms with Gasteiger partial charge in [0.1, 0.15) is 5.75 Å². The van der Waals surface area contributed by atoms with Crippen molar-refractivity contribution in [3.05, 3.63) is 29.3 Å². The summed E-state index contributed by atoms with van der Waals surface area (Å²) in [6.07, 6.45) is 2.24. The Morgan fingerprint density at radius 1 is 1.21 bits per heavy atom. The van der Waals surface area contributed by atoms with E-state index >= 15 is 0 Å². The monoisotopic (exact) mass is 264 g/mol. The average Bonchev–Trinajstić information content (AvgIpc) is 2.35. The molecule has 0 spiro atoms. The summed E-state index contributed by atoms with van der Waals surface area (Å²) in [7, 11) is 1.71. The minimum Gasteiger partial charge on any atom is -0.496 e. The van der Waals surface area contributed by atoms with Gasteiger partial charge >= 0.3 is 0 Å². The summed E-state index contributed by atoms with van der Waals surface area (Å²) >= 11 is 0. The highest BCUT2D eigenvalue weighted by Gasteiger charge is 2.18. The van der Waals surface area contributed by atoms with Gasteiger partial charge in [-0.3, -0.25) is 11.3 Å². The van der Waals surface area contributed by atoms with Gasteiger partial charge in [-0.05, 0) is 43.2 Å². The van der Waals surface area contributed by atoms with Crippen LogP contribution in [0.1, 0.15) is 50.8 Å². The molecule has 1 aromatic rings. The molecule has 0 amide bonds. The molecular weight excluding hydrogens is 236 g/mol. The molecule has 0 bridgehead atoms. The Balaban J connectivity index is 2.85. The predicted molar refractivity (Wildman–Crippen MR) is 81.0 cm³/mol. The van der Waals surface area contributed by atoms with Crippen LogP contribution in [0, 0.1) is 18.8 Å². The molecule has 0 radical (unpaired) electrons. The third kappa shape index (κ3) is 4.84. The van der Waals surface area contributed by atoms with Gasteiger partial charge in [0.25, 0.3) is 0 Å². The van der Waals surface area contributed by atoms with Crippen molar-refractivity contribution in [1.82, 2.24) is 5.43 Å². The molecule has 3 heteroatoms. The highest BCUT2D eigenvalue weighted by atomic mass is 16.5. The maximum Gasteiger partial charge on any atom is 0.123 e. The van der Waals surface area contributed by atoms with Crippen molar-refractivity contribution in [2.45, 2.75) is 46.6 Å². The number of benzene rings is 1. The molecule has 3 nitrogen and oxygen atoms in total. The molecule has 2 atom stereocenters. The second-order valence-corrected chi connectivity index (χ2v) is 5.94. The van der Waals surface area contributed by atoms with E-state index in [2.05, 4.69) is 51.3 Å². The number of nitrogens with two attached hydrogens (primary N) is 1. The van der Waals surface area contributed by atoms with Crippen LogP contribution < -0.4 is 16.0 Å². The zero-order chi connectivity index (χ0) is 14.4. The zero-order valence-electron chi connectivity index (χ0n) is 12.9. The van der Waals surface area contributed by atoms with Crippen molar-refractivity contribution in [2.75, 3.05) is 7.11 Å². The number of nitrogens with one attached hydrogen (secondary N) is 1. The van der Waals surface area contributed by atoms with E-state index in [0.717, 1.165) is 17.7 Å². The summed E-state index contributed by atoms with van der Waals surface area (Å²) in [5, 5.41) is 0. The maximum absolute atomic E-state index is 5.74. The second kappa shape index (κ2) is 7.51. The first kappa shape index (κ1) is 16.0. The van der Waals surface area contributed by atoms with Gasteiger partial charge in [-0.1, -0.05) is 32.9 Å². The molecule has 2 unspecified atom stereocenters. The van der Waals surface area contributed by atoms with Crippen LogP contribution in [0.4, 0.5) is 0 Å². The van der Waals surface area contributed by atoms with E-state index in [1.54, 1.807) is 7.11 Å². The van der Waals surface area contributed by atoms with Crippen molar-refractivity contribution in [2.24, 2.45) is 17.7 Å². The van der Waals surface area contributed by atoms with E-state index < -0.39 is 0 Å². The fourth-order valence-electron chi connectivity index (χ4n) is 2.69. The van der Waals surface area contributed by atoms with Crippen LogP contribution >= 0.6 is 0 Å². The molecule has 0 aliphatic heterocycles. The van der Waals surface area contributed by atoms with Crippen LogP contribution in [-0.2, 0) is 0 Å². The number of ether oxygens (including phenoxy) is 1. The molecule has 3 N–H and O–H groups in total. The van der Waals surface area contributed by atoms with Gasteiger partial charge < -0.3 is 4.74 Å². The summed E-state index contributed by atoms with van der Waals surface area (Å²) in [5.41, 5.74) is 5.28. The standard InChI is InChI=1S/C16H28N2O/c1-11(2)8-13(4)9-15(18-17)14-7-6-12(3)10-16(14)19-5/h6-7,10-11,13,15,18H,8-9,17H2,1-5H3. The van der Waals surface area contributed by atoms with Gasteiger partial charge in [-0.25, -0.2) is 0 Å². The predicted octanol–water partition coefficient (Wildman–Crippen LogP) is 3.58. The lowest BCUT2D eigenvalue weighted by atomic mass is 9.89. The lowest BCUT2D eigenvalue weighted by molar-refractivity contribution is 0.346. The third-order valence-electron chi connectivity index (χ3n) is 3.48. The van der Waals surface area contributed by atoms with Crippen molar-refractivity contribution < 1.29 is 4.74 Å². The highest BCUT2D eigenvalue weighted by Crippen LogP contribution is 2.31. The largest absolute Gasteiger partial charge is 0.496 e. The Morgan fingerprint density at radius 2 is 1.89 bits per heavy atom. The Labute approximate surface area is 117 Å². The Bertz CT molecular complexity index is 390. The summed E-state index contributed by atoms with van der Waals surface area (Å²) in [6, 6.07) is 6.42. The lowest BCUT2D eigenvalue weighted by Crippen LogP contribution is -2.30. The molecule has 0 aliphatic rings. The van der Waals surface area contributed by atoms with Gasteiger partial charge in [-0.2, -0.15) is 0 Å². The fraction of sp³-hybridized carbons (Fsp3) is 0.625. The summed E-state index contributed by atoms with van der Waals surface area (Å²) in [4.78, 5) is 0. The Morgan fingerprint density at radius 3 is 2.42 bits per heavy atom. The van der Waals surface area contributed by atoms with Gasteiger partial charge in [0.15, 0.2) is 0 Å². The van der Waals surface area contributed by atoms with E-state index in [1.807, 2.05) is 0 Å². The van der Waals surface area contributed by atoms with Crippen LogP contribution in [-0.4, -0.2) is 7.11 Å². The van der Waals surface area contributed by atoms with E-state index in [1.165, 1.54) is 12.0 Å². The molecule has 0 saturated heterocycles. The van der Waals surface area contributed by atoms with Crippen LogP contribution in [0.3, 0.4) is 0 Å². The van der Waals surface area contributed by atoms with Crippen molar-refractivity contribution >= 4 is 0 Å². The molecule has 0 saturated carbocycles. The zero-order valence-corrected chi connectivity index (χ0v) is 12.9. The number of hydrogen-bond acceptors (Lipinski definition) is 3. The maximum atomic E-state index is 5.74. The van der Waals surface area contributed by atoms with Crippen molar-refractivity contribution in [1.29, 1.82) is 0 Å². The first-order valence-corrected chi connectivity index (χ1v) is 7.08. The van der Waals surface area contributed by atoms with E-state index in [9.17, 15) is 0 Å². The summed E-state index contributed by atoms with van der Waals surface area (Å²) in [5.74, 6) is 8.00. The van der Waals surface area contributed by atoms with Crippen LogP contribution in [0.15, 0.2) is 18.2 Å². The topological polar surface area (TPSA) is 47.3 Å². The van der Waals surface area contributed by atoms with E-state index in [0.29, 0.717) is 11.8 Å². The fourth-order valence-corrected chi connectivity index (χ4v) is 2.69. The molecule has 0 aliphatic carbocycles. The van der Waals surface area contributed by atoms with Gasteiger partial charge in [0.2, 0.25) is 0 Å². The normalized spacial score (nSPS) is 14.5. The van der Waals surface area contributed by atoms with Crippen LogP contribution in [0.25, 0.3) is 0 Å². The van der Waals surface area contributed by atoms with Gasteiger partial charge in [0, 0.05) is 11.6 Å². The number of rotatable bonds is 7. The summed E-state index contributed by atoms with van der Waals surface area (Å²) in [6.45, 7) is 8.87. The minimum atomic E-state index is 0.143. The van der Waals surface area contributed by atoms with Crippen molar-refractivity contribution in [3.8, 4) is 5.75 Å². The van der Waals surface area contributed by atoms with Gasteiger partial charge in [-0.15, -0.1) is 0 Å². The Kier molecular flexibility index (Phi) is 6.32. The molecule has 1 aromatic carbocycles. The molecule has 0 aromatic heterocycles. The molecule has 1 rings (SSSR count). The summed E-state index contributed by atoms with van der Waals surface area (Å²) < 4.78 is 5.48. The SMILES string of the molecule is COc1cc(C)ccc1C(CC(C)CC(C)C)NN. The van der Waals surface area contributed by atoms with Crippen LogP contribution in [0.2, 0.25) is 0 Å². The second-order valence-electron chi connectivity index (χ2n) is 5.94. The highest BCUT2D eigenvalue weighted by molar-refractivity contribution is 5.39. The Hall–Kier alpha value is -1.06. The molecule has 108 valence electrons. The smallest absolute Gasteiger partial charge is 0.123 e. The first-order valence-electron chi connectivity index (χ1n) is 7.08. The molecule has 0 heterocycles. The van der Waals surface area contributed by atoms with Crippen molar-refractivity contribution in [3.63, 3.8) is 0 Å². The first-order chi connectivity index (χ1) is 8.97. The number of aryl methyl sites for hydroxylation is 1.